The number of nitrogens with one attached hydrogen (secondary N) is 5. The van der Waals surface area contributed by atoms with Crippen molar-refractivity contribution in [2.75, 3.05) is 25.0 Å². The van der Waals surface area contributed by atoms with Crippen LogP contribution in [0.2, 0.25) is 0 Å². The van der Waals surface area contributed by atoms with Crippen LogP contribution in [0.3, 0.4) is 0 Å². The molecule has 1 saturated heterocycles. The third kappa shape index (κ3) is 6.74. The number of H-pyrrole nitrogens is 1. The van der Waals surface area contributed by atoms with Gasteiger partial charge >= 0.3 is 0 Å². The maximum Gasteiger partial charge on any atom is 0.253 e. The predicted molar refractivity (Wildman–Crippen MR) is 162 cm³/mol. The van der Waals surface area contributed by atoms with Crippen LogP contribution in [0.1, 0.15) is 64.0 Å². The lowest BCUT2D eigenvalue weighted by atomic mass is 9.95. The summed E-state index contributed by atoms with van der Waals surface area (Å²) in [6.45, 7) is 6.36. The average molecular weight is 555 g/mol. The van der Waals surface area contributed by atoms with Gasteiger partial charge in [0.1, 0.15) is 0 Å². The first kappa shape index (κ1) is 28.3. The van der Waals surface area contributed by atoms with Gasteiger partial charge < -0.3 is 26.3 Å². The molecule has 1 saturated carbocycles. The number of carbonyl (C=O) groups excluding carboxylic acids is 2. The molecular formula is C32H38N6O3. The highest BCUT2D eigenvalue weighted by Crippen LogP contribution is 2.31. The maximum absolute atomic E-state index is 13.6. The van der Waals surface area contributed by atoms with Crippen molar-refractivity contribution in [3.63, 3.8) is 0 Å². The standard InChI is InChI=1S/C32H38N6O3/c1-20-13-21(2)36-32(41)28(20)17-35-31(40)26-14-24(15-29(27(26)16-33)37-25-5-3-4-6-25)23-9-7-22(8-10-23)18-38-12-11-34-30(39)19-38/h7-10,13-16,25,33,37H,3-6,11-12,17-19H2,1-2H3,(H,34,39)(H,35,40)(H,36,41). The molecular weight excluding hydrogens is 516 g/mol. The third-order valence-corrected chi connectivity index (χ3v) is 8.01. The second-order valence-corrected chi connectivity index (χ2v) is 11.1. The van der Waals surface area contributed by atoms with E-state index in [-0.39, 0.29) is 23.9 Å². The Hall–Kier alpha value is -4.24. The Morgan fingerprint density at radius 3 is 2.51 bits per heavy atom. The summed E-state index contributed by atoms with van der Waals surface area (Å²) in [5.74, 6) is -0.284. The summed E-state index contributed by atoms with van der Waals surface area (Å²) in [6, 6.07) is 14.2. The zero-order valence-electron chi connectivity index (χ0n) is 23.7. The number of aryl methyl sites for hydroxylation is 2. The van der Waals surface area contributed by atoms with E-state index in [1.54, 1.807) is 0 Å². The van der Waals surface area contributed by atoms with Crippen molar-refractivity contribution in [1.82, 2.24) is 20.5 Å². The Kier molecular flexibility index (Phi) is 8.64. The monoisotopic (exact) mass is 554 g/mol. The van der Waals surface area contributed by atoms with Crippen LogP contribution in [-0.4, -0.2) is 53.6 Å². The molecule has 3 aromatic rings. The first-order valence-electron chi connectivity index (χ1n) is 14.3. The van der Waals surface area contributed by atoms with E-state index >= 15 is 0 Å². The smallest absolute Gasteiger partial charge is 0.253 e. The van der Waals surface area contributed by atoms with Crippen LogP contribution in [0.4, 0.5) is 5.69 Å². The van der Waals surface area contributed by atoms with Crippen LogP contribution in [0, 0.1) is 19.3 Å². The largest absolute Gasteiger partial charge is 0.382 e. The summed E-state index contributed by atoms with van der Waals surface area (Å²) in [5.41, 5.74) is 6.53. The molecule has 2 heterocycles. The second kappa shape index (κ2) is 12.5. The quantitative estimate of drug-likeness (QED) is 0.256. The SMILES string of the molecule is Cc1cc(C)c(CNC(=O)c2cc(-c3ccc(CN4CCNC(=O)C4)cc3)cc(NC3CCCC3)c2C=N)c(=O)[nH]1. The molecule has 214 valence electrons. The molecule has 0 bridgehead atoms. The van der Waals surface area contributed by atoms with Crippen molar-refractivity contribution in [2.24, 2.45) is 0 Å². The van der Waals surface area contributed by atoms with Gasteiger partial charge in [0.2, 0.25) is 5.91 Å². The van der Waals surface area contributed by atoms with Gasteiger partial charge in [-0.25, -0.2) is 0 Å². The molecule has 2 aromatic carbocycles. The van der Waals surface area contributed by atoms with E-state index in [1.165, 1.54) is 6.21 Å². The Bertz CT molecular complexity index is 1510. The summed E-state index contributed by atoms with van der Waals surface area (Å²) in [6.07, 6.45) is 5.67. The summed E-state index contributed by atoms with van der Waals surface area (Å²) < 4.78 is 0. The molecule has 5 N–H and O–H groups in total. The lowest BCUT2D eigenvalue weighted by molar-refractivity contribution is -0.124. The number of carbonyl (C=O) groups is 2. The Morgan fingerprint density at radius 1 is 1.07 bits per heavy atom. The van der Waals surface area contributed by atoms with Gasteiger partial charge in [0, 0.05) is 60.9 Å². The van der Waals surface area contributed by atoms with Crippen molar-refractivity contribution in [3.8, 4) is 11.1 Å². The number of hydrogen-bond donors (Lipinski definition) is 5. The predicted octanol–water partition coefficient (Wildman–Crippen LogP) is 3.87. The minimum atomic E-state index is -0.334. The maximum atomic E-state index is 13.6. The fourth-order valence-corrected chi connectivity index (χ4v) is 5.83. The van der Waals surface area contributed by atoms with E-state index in [1.807, 2.05) is 44.2 Å². The van der Waals surface area contributed by atoms with Crippen molar-refractivity contribution < 1.29 is 9.59 Å². The number of aromatic amines is 1. The molecule has 9 heteroatoms. The lowest BCUT2D eigenvalue weighted by Crippen LogP contribution is -2.47. The molecule has 41 heavy (non-hydrogen) atoms. The van der Waals surface area contributed by atoms with Gasteiger partial charge in [-0.2, -0.15) is 0 Å². The van der Waals surface area contributed by atoms with Gasteiger partial charge in [0.25, 0.3) is 11.5 Å². The molecule has 0 spiro atoms. The number of nitrogens with zero attached hydrogens (tertiary/aromatic N) is 1. The van der Waals surface area contributed by atoms with Crippen LogP contribution >= 0.6 is 0 Å². The van der Waals surface area contributed by atoms with Crippen molar-refractivity contribution >= 4 is 23.7 Å². The lowest BCUT2D eigenvalue weighted by Gasteiger charge is -2.26. The fourth-order valence-electron chi connectivity index (χ4n) is 5.83. The Labute approximate surface area is 240 Å². The third-order valence-electron chi connectivity index (χ3n) is 8.01. The van der Waals surface area contributed by atoms with Gasteiger partial charge in [0.15, 0.2) is 0 Å². The zero-order valence-corrected chi connectivity index (χ0v) is 23.7. The summed E-state index contributed by atoms with van der Waals surface area (Å²) in [4.78, 5) is 42.8. The molecule has 1 aliphatic carbocycles. The number of piperazine rings is 1. The number of anilines is 1. The number of hydrogen-bond acceptors (Lipinski definition) is 6. The Balaban J connectivity index is 1.43. The molecule has 1 aromatic heterocycles. The molecule has 0 atom stereocenters. The number of benzene rings is 2. The van der Waals surface area contributed by atoms with Crippen LogP contribution in [-0.2, 0) is 17.9 Å². The van der Waals surface area contributed by atoms with Crippen molar-refractivity contribution in [1.29, 1.82) is 5.41 Å². The Morgan fingerprint density at radius 2 is 1.83 bits per heavy atom. The highest BCUT2D eigenvalue weighted by molar-refractivity contribution is 6.06. The highest BCUT2D eigenvalue weighted by atomic mass is 16.2. The van der Waals surface area contributed by atoms with Crippen LogP contribution in [0.25, 0.3) is 11.1 Å². The van der Waals surface area contributed by atoms with E-state index in [4.69, 9.17) is 5.41 Å². The van der Waals surface area contributed by atoms with E-state index in [0.717, 1.165) is 65.9 Å². The van der Waals surface area contributed by atoms with E-state index in [9.17, 15) is 14.4 Å². The van der Waals surface area contributed by atoms with Gasteiger partial charge in [-0.15, -0.1) is 0 Å². The van der Waals surface area contributed by atoms with Crippen LogP contribution in [0.15, 0.2) is 47.3 Å². The van der Waals surface area contributed by atoms with Crippen molar-refractivity contribution in [2.45, 2.75) is 58.7 Å². The fraction of sp³-hybridized carbons (Fsp3) is 0.375. The van der Waals surface area contributed by atoms with E-state index in [2.05, 4.69) is 38.0 Å². The normalized spacial score (nSPS) is 15.9. The number of rotatable bonds is 9. The van der Waals surface area contributed by atoms with E-state index in [0.29, 0.717) is 42.4 Å². The van der Waals surface area contributed by atoms with E-state index < -0.39 is 0 Å². The van der Waals surface area contributed by atoms with Gasteiger partial charge in [-0.05, 0) is 67.1 Å². The molecule has 1 aliphatic heterocycles. The molecule has 0 unspecified atom stereocenters. The summed E-state index contributed by atoms with van der Waals surface area (Å²) in [7, 11) is 0. The first-order valence-corrected chi connectivity index (χ1v) is 14.3. The molecule has 2 aliphatic rings. The average Bonchev–Trinajstić information content (AvgIpc) is 3.45. The highest BCUT2D eigenvalue weighted by Gasteiger charge is 2.21. The van der Waals surface area contributed by atoms with Gasteiger partial charge in [-0.1, -0.05) is 37.1 Å². The first-order chi connectivity index (χ1) is 19.8. The van der Waals surface area contributed by atoms with Crippen LogP contribution < -0.4 is 21.5 Å². The molecule has 2 fully saturated rings. The molecule has 2 amide bonds. The summed E-state index contributed by atoms with van der Waals surface area (Å²) >= 11 is 0. The molecule has 9 nitrogen and oxygen atoms in total. The van der Waals surface area contributed by atoms with Crippen molar-refractivity contribution in [3.05, 3.63) is 86.3 Å². The number of aromatic nitrogens is 1. The second-order valence-electron chi connectivity index (χ2n) is 11.1. The summed E-state index contributed by atoms with van der Waals surface area (Å²) in [5, 5.41) is 17.6. The minimum Gasteiger partial charge on any atom is -0.382 e. The number of amides is 2. The van der Waals surface area contributed by atoms with Crippen LogP contribution in [0.5, 0.6) is 0 Å². The number of pyridine rings is 1. The molecule has 5 rings (SSSR count). The van der Waals surface area contributed by atoms with Gasteiger partial charge in [-0.3, -0.25) is 19.3 Å². The van der Waals surface area contributed by atoms with Gasteiger partial charge in [0.05, 0.1) is 12.1 Å². The molecule has 0 radical (unpaired) electrons. The topological polar surface area (TPSA) is 130 Å². The minimum absolute atomic E-state index is 0.0504. The zero-order chi connectivity index (χ0) is 28.9.